The molecule has 0 atom stereocenters. The van der Waals surface area contributed by atoms with Crippen LogP contribution < -0.4 is 4.18 Å². The van der Waals surface area contributed by atoms with E-state index in [4.69, 9.17) is 4.18 Å². The predicted octanol–water partition coefficient (Wildman–Crippen LogP) is 4.27. The first kappa shape index (κ1) is 21.3. The van der Waals surface area contributed by atoms with Crippen LogP contribution in [0.1, 0.15) is 43.2 Å². The van der Waals surface area contributed by atoms with Gasteiger partial charge < -0.3 is 9.08 Å². The Balaban J connectivity index is 1.76. The van der Waals surface area contributed by atoms with Crippen molar-refractivity contribution in [3.63, 3.8) is 0 Å². The first-order valence-electron chi connectivity index (χ1n) is 9.82. The molecule has 7 heteroatoms. The predicted molar refractivity (Wildman–Crippen MR) is 109 cm³/mol. The molecule has 1 amide bonds. The number of amides is 1. The van der Waals surface area contributed by atoms with Gasteiger partial charge >= 0.3 is 10.1 Å². The van der Waals surface area contributed by atoms with E-state index in [1.807, 2.05) is 0 Å². The molecule has 1 aliphatic rings. The number of nitrogens with zero attached hydrogens (tertiary/aromatic N) is 1. The van der Waals surface area contributed by atoms with Crippen LogP contribution in [0.4, 0.5) is 4.39 Å². The van der Waals surface area contributed by atoms with Gasteiger partial charge in [-0.05, 0) is 48.2 Å². The Bertz CT molecular complexity index is 920. The Hall–Kier alpha value is -2.41. The minimum Gasteiger partial charge on any atom is -0.383 e. The summed E-state index contributed by atoms with van der Waals surface area (Å²) in [6.45, 7) is 0.795. The lowest BCUT2D eigenvalue weighted by Gasteiger charge is -2.29. The highest BCUT2D eigenvalue weighted by Crippen LogP contribution is 2.27. The van der Waals surface area contributed by atoms with Gasteiger partial charge in [0.1, 0.15) is 11.6 Å². The summed E-state index contributed by atoms with van der Waals surface area (Å²) >= 11 is 0. The van der Waals surface area contributed by atoms with Crippen molar-refractivity contribution in [1.29, 1.82) is 0 Å². The van der Waals surface area contributed by atoms with Crippen LogP contribution in [0.5, 0.6) is 5.75 Å². The molecule has 1 saturated carbocycles. The van der Waals surface area contributed by atoms with Gasteiger partial charge in [-0.15, -0.1) is 0 Å². The zero-order chi connectivity index (χ0) is 20.9. The van der Waals surface area contributed by atoms with Crippen molar-refractivity contribution in [2.75, 3.05) is 6.26 Å². The first-order valence-corrected chi connectivity index (χ1v) is 11.6. The van der Waals surface area contributed by atoms with Crippen molar-refractivity contribution in [3.8, 4) is 5.75 Å². The number of halogens is 1. The van der Waals surface area contributed by atoms with Crippen LogP contribution in [0, 0.1) is 11.7 Å². The third kappa shape index (κ3) is 6.56. The monoisotopic (exact) mass is 419 g/mol. The minimum atomic E-state index is -3.58. The average molecular weight is 420 g/mol. The fraction of sp³-hybridized carbons (Fsp3) is 0.409. The zero-order valence-electron chi connectivity index (χ0n) is 16.5. The highest BCUT2D eigenvalue weighted by atomic mass is 32.2. The molecule has 2 aromatic rings. The standard InChI is InChI=1S/C22H26FNO4S/c1-29(26,27)28-21-13-9-18(10-14-21)16-24(15-17-7-11-20(23)12-8-17)22(25)19-5-3-2-4-6-19/h7-14,19H,2-6,15-16H2,1H3. The summed E-state index contributed by atoms with van der Waals surface area (Å²) in [5.41, 5.74) is 1.74. The summed E-state index contributed by atoms with van der Waals surface area (Å²) in [4.78, 5) is 15.0. The highest BCUT2D eigenvalue weighted by Gasteiger charge is 2.26. The van der Waals surface area contributed by atoms with Crippen LogP contribution in [0.2, 0.25) is 0 Å². The normalized spacial score (nSPS) is 15.1. The molecule has 0 aliphatic heterocycles. The Morgan fingerprint density at radius 3 is 2.00 bits per heavy atom. The van der Waals surface area contributed by atoms with Crippen molar-refractivity contribution in [2.45, 2.75) is 45.2 Å². The molecule has 0 radical (unpaired) electrons. The molecule has 29 heavy (non-hydrogen) atoms. The van der Waals surface area contributed by atoms with Crippen LogP contribution in [0.15, 0.2) is 48.5 Å². The van der Waals surface area contributed by atoms with E-state index in [9.17, 15) is 17.6 Å². The van der Waals surface area contributed by atoms with E-state index >= 15 is 0 Å². The van der Waals surface area contributed by atoms with Gasteiger partial charge in [0.05, 0.1) is 6.26 Å². The molecule has 2 aromatic carbocycles. The Morgan fingerprint density at radius 2 is 1.48 bits per heavy atom. The molecule has 0 saturated heterocycles. The van der Waals surface area contributed by atoms with E-state index in [0.717, 1.165) is 43.1 Å². The number of benzene rings is 2. The minimum absolute atomic E-state index is 0.0250. The zero-order valence-corrected chi connectivity index (χ0v) is 17.3. The van der Waals surface area contributed by atoms with E-state index in [1.165, 1.54) is 18.6 Å². The first-order chi connectivity index (χ1) is 13.8. The number of rotatable bonds is 7. The van der Waals surface area contributed by atoms with Crippen molar-refractivity contribution in [1.82, 2.24) is 4.90 Å². The Kier molecular flexibility index (Phi) is 6.90. The summed E-state index contributed by atoms with van der Waals surface area (Å²) in [6, 6.07) is 12.9. The molecular weight excluding hydrogens is 393 g/mol. The fourth-order valence-electron chi connectivity index (χ4n) is 3.68. The number of hydrogen-bond acceptors (Lipinski definition) is 4. The lowest BCUT2D eigenvalue weighted by atomic mass is 9.88. The van der Waals surface area contributed by atoms with E-state index in [2.05, 4.69) is 0 Å². The molecule has 0 bridgehead atoms. The van der Waals surface area contributed by atoms with Crippen molar-refractivity contribution >= 4 is 16.0 Å². The van der Waals surface area contributed by atoms with Crippen molar-refractivity contribution in [2.24, 2.45) is 5.92 Å². The van der Waals surface area contributed by atoms with Gasteiger partial charge in [-0.3, -0.25) is 4.79 Å². The molecule has 1 aliphatic carbocycles. The third-order valence-electron chi connectivity index (χ3n) is 5.10. The van der Waals surface area contributed by atoms with Crippen molar-refractivity contribution in [3.05, 3.63) is 65.5 Å². The molecule has 0 spiro atoms. The molecule has 0 aromatic heterocycles. The number of carbonyl (C=O) groups is 1. The van der Waals surface area contributed by atoms with E-state index < -0.39 is 10.1 Å². The lowest BCUT2D eigenvalue weighted by Crippen LogP contribution is -2.36. The van der Waals surface area contributed by atoms with Gasteiger partial charge in [0.25, 0.3) is 0 Å². The lowest BCUT2D eigenvalue weighted by molar-refractivity contribution is -0.137. The topological polar surface area (TPSA) is 63.7 Å². The largest absolute Gasteiger partial charge is 0.383 e. The highest BCUT2D eigenvalue weighted by molar-refractivity contribution is 7.86. The second kappa shape index (κ2) is 9.39. The van der Waals surface area contributed by atoms with Gasteiger partial charge in [0.15, 0.2) is 0 Å². The van der Waals surface area contributed by atoms with E-state index in [0.29, 0.717) is 13.1 Å². The molecule has 1 fully saturated rings. The fourth-order valence-corrected chi connectivity index (χ4v) is 4.14. The Morgan fingerprint density at radius 1 is 0.966 bits per heavy atom. The van der Waals surface area contributed by atoms with E-state index in [-0.39, 0.29) is 23.4 Å². The molecule has 0 heterocycles. The summed E-state index contributed by atoms with van der Waals surface area (Å²) in [7, 11) is -3.58. The van der Waals surface area contributed by atoms with Crippen LogP contribution in [-0.2, 0) is 28.0 Å². The Labute approximate surface area is 171 Å². The third-order valence-corrected chi connectivity index (χ3v) is 5.59. The van der Waals surface area contributed by atoms with Gasteiger partial charge in [-0.2, -0.15) is 8.42 Å². The van der Waals surface area contributed by atoms with Crippen molar-refractivity contribution < 1.29 is 21.8 Å². The van der Waals surface area contributed by atoms with Gasteiger partial charge in [-0.1, -0.05) is 43.5 Å². The SMILES string of the molecule is CS(=O)(=O)Oc1ccc(CN(Cc2ccc(F)cc2)C(=O)C2CCCCC2)cc1. The number of carbonyl (C=O) groups excluding carboxylic acids is 1. The summed E-state index contributed by atoms with van der Waals surface area (Å²) in [6.07, 6.45) is 6.11. The van der Waals surface area contributed by atoms with Crippen LogP contribution in [0.25, 0.3) is 0 Å². The van der Waals surface area contributed by atoms with E-state index in [1.54, 1.807) is 41.3 Å². The quantitative estimate of drug-likeness (QED) is 0.629. The number of hydrogen-bond donors (Lipinski definition) is 0. The van der Waals surface area contributed by atoms with Crippen LogP contribution in [0.3, 0.4) is 0 Å². The molecule has 3 rings (SSSR count). The molecular formula is C22H26FNO4S. The second-order valence-electron chi connectivity index (χ2n) is 7.59. The van der Waals surface area contributed by atoms with Gasteiger partial charge in [-0.25, -0.2) is 4.39 Å². The van der Waals surface area contributed by atoms with Crippen LogP contribution in [-0.4, -0.2) is 25.5 Å². The molecule has 0 unspecified atom stereocenters. The molecule has 156 valence electrons. The summed E-state index contributed by atoms with van der Waals surface area (Å²) in [5.74, 6) is 0.0721. The van der Waals surface area contributed by atoms with Gasteiger partial charge in [0.2, 0.25) is 5.91 Å². The maximum Gasteiger partial charge on any atom is 0.306 e. The maximum absolute atomic E-state index is 13.2. The summed E-state index contributed by atoms with van der Waals surface area (Å²) in [5, 5.41) is 0. The summed E-state index contributed by atoms with van der Waals surface area (Å²) < 4.78 is 40.6. The maximum atomic E-state index is 13.2. The average Bonchev–Trinajstić information content (AvgIpc) is 2.69. The smallest absolute Gasteiger partial charge is 0.306 e. The molecule has 0 N–H and O–H groups in total. The van der Waals surface area contributed by atoms with Gasteiger partial charge in [0, 0.05) is 19.0 Å². The second-order valence-corrected chi connectivity index (χ2v) is 9.16. The van der Waals surface area contributed by atoms with Crippen LogP contribution >= 0.6 is 0 Å². The molecule has 5 nitrogen and oxygen atoms in total.